The molecule has 0 atom stereocenters. The second-order valence-electron chi connectivity index (χ2n) is 3.13. The van der Waals surface area contributed by atoms with Gasteiger partial charge in [0.25, 0.3) is 0 Å². The fourth-order valence-electron chi connectivity index (χ4n) is 1.47. The minimum Gasteiger partial charge on any atom is -0.496 e. The van der Waals surface area contributed by atoms with Gasteiger partial charge in [0.05, 0.1) is 12.8 Å². The van der Waals surface area contributed by atoms with Crippen LogP contribution in [0.5, 0.6) is 5.75 Å². The number of rotatable bonds is 2. The van der Waals surface area contributed by atoms with E-state index in [-0.39, 0.29) is 5.56 Å². The van der Waals surface area contributed by atoms with Gasteiger partial charge < -0.3 is 9.72 Å². The predicted molar refractivity (Wildman–Crippen MR) is 59.1 cm³/mol. The first kappa shape index (κ1) is 9.52. The summed E-state index contributed by atoms with van der Waals surface area (Å²) in [6.45, 7) is 0. The molecule has 0 bridgehead atoms. The third-order valence-corrected chi connectivity index (χ3v) is 2.17. The number of nitrogens with one attached hydrogen (secondary N) is 1. The lowest BCUT2D eigenvalue weighted by Gasteiger charge is -2.07. The Morgan fingerprint density at radius 2 is 1.87 bits per heavy atom. The van der Waals surface area contributed by atoms with E-state index in [0.29, 0.717) is 0 Å². The molecule has 0 aliphatic rings. The summed E-state index contributed by atoms with van der Waals surface area (Å²) >= 11 is 0. The minimum absolute atomic E-state index is 0.113. The number of aromatic amines is 1. The van der Waals surface area contributed by atoms with Gasteiger partial charge >= 0.3 is 0 Å². The maximum absolute atomic E-state index is 11.2. The van der Waals surface area contributed by atoms with E-state index in [9.17, 15) is 4.79 Å². The molecule has 0 radical (unpaired) electrons. The van der Waals surface area contributed by atoms with Crippen molar-refractivity contribution >= 4 is 0 Å². The third kappa shape index (κ3) is 1.91. The average molecular weight is 201 g/mol. The van der Waals surface area contributed by atoms with Crippen molar-refractivity contribution in [1.82, 2.24) is 4.98 Å². The summed E-state index contributed by atoms with van der Waals surface area (Å²) in [6, 6.07) is 12.6. The Morgan fingerprint density at radius 3 is 2.60 bits per heavy atom. The van der Waals surface area contributed by atoms with E-state index in [2.05, 4.69) is 4.98 Å². The van der Waals surface area contributed by atoms with Crippen LogP contribution in [0.2, 0.25) is 0 Å². The summed E-state index contributed by atoms with van der Waals surface area (Å²) in [4.78, 5) is 13.9. The van der Waals surface area contributed by atoms with Gasteiger partial charge in [-0.25, -0.2) is 0 Å². The van der Waals surface area contributed by atoms with Gasteiger partial charge in [-0.15, -0.1) is 0 Å². The molecule has 1 aromatic carbocycles. The number of para-hydroxylation sites is 1. The van der Waals surface area contributed by atoms with Gasteiger partial charge in [0.1, 0.15) is 5.75 Å². The molecule has 0 amide bonds. The Morgan fingerprint density at radius 1 is 1.07 bits per heavy atom. The van der Waals surface area contributed by atoms with Crippen LogP contribution in [0.3, 0.4) is 0 Å². The van der Waals surface area contributed by atoms with Crippen LogP contribution in [0, 0.1) is 0 Å². The Balaban J connectivity index is 2.58. The highest BCUT2D eigenvalue weighted by atomic mass is 16.5. The summed E-state index contributed by atoms with van der Waals surface area (Å²) < 4.78 is 5.22. The standard InChI is InChI=1S/C12H11NO2/c1-15-11-7-3-2-5-9(11)10-6-4-8-12(14)13-10/h2-8H,1H3,(H,13,14). The van der Waals surface area contributed by atoms with Crippen molar-refractivity contribution in [2.45, 2.75) is 0 Å². The lowest BCUT2D eigenvalue weighted by molar-refractivity contribution is 0.416. The second kappa shape index (κ2) is 4.00. The summed E-state index contributed by atoms with van der Waals surface area (Å²) in [5, 5.41) is 0. The van der Waals surface area contributed by atoms with Crippen molar-refractivity contribution in [3.05, 3.63) is 52.8 Å². The number of hydrogen-bond donors (Lipinski definition) is 1. The largest absolute Gasteiger partial charge is 0.496 e. The molecule has 0 saturated heterocycles. The fraction of sp³-hybridized carbons (Fsp3) is 0.0833. The van der Waals surface area contributed by atoms with Gasteiger partial charge in [0.15, 0.2) is 0 Å². The Hall–Kier alpha value is -2.03. The first-order valence-electron chi connectivity index (χ1n) is 4.64. The van der Waals surface area contributed by atoms with E-state index >= 15 is 0 Å². The molecule has 2 aromatic rings. The van der Waals surface area contributed by atoms with Crippen LogP contribution in [0.4, 0.5) is 0 Å². The molecular weight excluding hydrogens is 190 g/mol. The number of ether oxygens (including phenoxy) is 1. The molecule has 2 rings (SSSR count). The Labute approximate surface area is 87.3 Å². The Kier molecular flexibility index (Phi) is 2.54. The molecule has 76 valence electrons. The summed E-state index contributed by atoms with van der Waals surface area (Å²) in [7, 11) is 1.61. The highest BCUT2D eigenvalue weighted by Gasteiger charge is 2.04. The third-order valence-electron chi connectivity index (χ3n) is 2.17. The molecule has 1 N–H and O–H groups in total. The zero-order chi connectivity index (χ0) is 10.7. The van der Waals surface area contributed by atoms with E-state index in [1.807, 2.05) is 30.3 Å². The second-order valence-corrected chi connectivity index (χ2v) is 3.13. The van der Waals surface area contributed by atoms with E-state index < -0.39 is 0 Å². The normalized spacial score (nSPS) is 9.93. The van der Waals surface area contributed by atoms with Crippen LogP contribution in [-0.4, -0.2) is 12.1 Å². The van der Waals surface area contributed by atoms with Crippen molar-refractivity contribution < 1.29 is 4.74 Å². The number of H-pyrrole nitrogens is 1. The fourth-order valence-corrected chi connectivity index (χ4v) is 1.47. The van der Waals surface area contributed by atoms with Crippen molar-refractivity contribution in [1.29, 1.82) is 0 Å². The lowest BCUT2D eigenvalue weighted by Crippen LogP contribution is -2.03. The topological polar surface area (TPSA) is 42.1 Å². The van der Waals surface area contributed by atoms with Crippen LogP contribution < -0.4 is 10.3 Å². The number of pyridine rings is 1. The van der Waals surface area contributed by atoms with E-state index in [1.165, 1.54) is 6.07 Å². The smallest absolute Gasteiger partial charge is 0.248 e. The number of hydrogen-bond acceptors (Lipinski definition) is 2. The van der Waals surface area contributed by atoms with Gasteiger partial charge in [0, 0.05) is 11.6 Å². The maximum atomic E-state index is 11.2. The van der Waals surface area contributed by atoms with Crippen molar-refractivity contribution in [2.24, 2.45) is 0 Å². The molecule has 1 aromatic heterocycles. The van der Waals surface area contributed by atoms with E-state index in [1.54, 1.807) is 13.2 Å². The highest BCUT2D eigenvalue weighted by molar-refractivity contribution is 5.66. The van der Waals surface area contributed by atoms with Crippen LogP contribution in [-0.2, 0) is 0 Å². The van der Waals surface area contributed by atoms with Gasteiger partial charge in [-0.05, 0) is 18.2 Å². The molecule has 0 saturated carbocycles. The van der Waals surface area contributed by atoms with Gasteiger partial charge in [-0.1, -0.05) is 18.2 Å². The number of methoxy groups -OCH3 is 1. The Bertz CT molecular complexity index is 517. The van der Waals surface area contributed by atoms with Gasteiger partial charge in [-0.2, -0.15) is 0 Å². The monoisotopic (exact) mass is 201 g/mol. The number of benzene rings is 1. The van der Waals surface area contributed by atoms with Crippen molar-refractivity contribution in [3.63, 3.8) is 0 Å². The minimum atomic E-state index is -0.113. The zero-order valence-corrected chi connectivity index (χ0v) is 8.36. The quantitative estimate of drug-likeness (QED) is 0.808. The van der Waals surface area contributed by atoms with Crippen LogP contribution in [0.15, 0.2) is 47.3 Å². The molecule has 0 aliphatic heterocycles. The molecule has 1 heterocycles. The van der Waals surface area contributed by atoms with E-state index in [0.717, 1.165) is 17.0 Å². The zero-order valence-electron chi connectivity index (χ0n) is 8.36. The first-order valence-corrected chi connectivity index (χ1v) is 4.64. The van der Waals surface area contributed by atoms with Gasteiger partial charge in [-0.3, -0.25) is 4.79 Å². The van der Waals surface area contributed by atoms with Crippen LogP contribution in [0.25, 0.3) is 11.3 Å². The SMILES string of the molecule is COc1ccccc1-c1cccc(=O)[nH]1. The molecule has 3 nitrogen and oxygen atoms in total. The van der Waals surface area contributed by atoms with Crippen molar-refractivity contribution in [3.8, 4) is 17.0 Å². The van der Waals surface area contributed by atoms with Crippen LogP contribution >= 0.6 is 0 Å². The average Bonchev–Trinajstić information content (AvgIpc) is 2.29. The summed E-state index contributed by atoms with van der Waals surface area (Å²) in [5.74, 6) is 0.749. The number of aromatic nitrogens is 1. The molecular formula is C12H11NO2. The molecule has 0 aliphatic carbocycles. The molecule has 15 heavy (non-hydrogen) atoms. The molecule has 0 fully saturated rings. The van der Waals surface area contributed by atoms with Crippen LogP contribution in [0.1, 0.15) is 0 Å². The van der Waals surface area contributed by atoms with Gasteiger partial charge in [0.2, 0.25) is 5.56 Å². The maximum Gasteiger partial charge on any atom is 0.248 e. The molecule has 0 unspecified atom stereocenters. The van der Waals surface area contributed by atoms with Crippen molar-refractivity contribution in [2.75, 3.05) is 7.11 Å². The van der Waals surface area contributed by atoms with E-state index in [4.69, 9.17) is 4.74 Å². The molecule has 3 heteroatoms. The highest BCUT2D eigenvalue weighted by Crippen LogP contribution is 2.26. The predicted octanol–water partition coefficient (Wildman–Crippen LogP) is 2.05. The molecule has 0 spiro atoms. The first-order chi connectivity index (χ1) is 7.31. The summed E-state index contributed by atoms with van der Waals surface area (Å²) in [6.07, 6.45) is 0. The lowest BCUT2D eigenvalue weighted by atomic mass is 10.1. The summed E-state index contributed by atoms with van der Waals surface area (Å²) in [5.41, 5.74) is 1.54.